The lowest BCUT2D eigenvalue weighted by Gasteiger charge is -2.29. The summed E-state index contributed by atoms with van der Waals surface area (Å²) < 4.78 is 19.2. The van der Waals surface area contributed by atoms with Gasteiger partial charge in [-0.1, -0.05) is 6.07 Å². The molecule has 2 unspecified atom stereocenters. The first-order chi connectivity index (χ1) is 14.1. The molecule has 1 saturated heterocycles. The molecule has 2 heterocycles. The van der Waals surface area contributed by atoms with Gasteiger partial charge in [0, 0.05) is 18.4 Å². The Labute approximate surface area is 170 Å². The molecule has 5 nitrogen and oxygen atoms in total. The van der Waals surface area contributed by atoms with E-state index in [0.717, 1.165) is 36.6 Å². The van der Waals surface area contributed by atoms with Crippen LogP contribution in [-0.4, -0.2) is 43.8 Å². The molecular formula is C23H26FN3O2. The van der Waals surface area contributed by atoms with Crippen molar-refractivity contribution in [1.29, 1.82) is 0 Å². The van der Waals surface area contributed by atoms with Crippen molar-refractivity contribution >= 4 is 23.5 Å². The number of nitrogens with one attached hydrogen (secondary N) is 1. The van der Waals surface area contributed by atoms with Crippen LogP contribution in [0.4, 0.5) is 15.8 Å². The average molecular weight is 395 g/mol. The third-order valence-corrected chi connectivity index (χ3v) is 5.62. The Hall–Kier alpha value is -2.73. The van der Waals surface area contributed by atoms with E-state index < -0.39 is 5.92 Å². The van der Waals surface area contributed by atoms with E-state index >= 15 is 0 Å². The molecule has 2 atom stereocenters. The number of hydrogen-bond donors (Lipinski definition) is 1. The molecule has 1 amide bonds. The van der Waals surface area contributed by atoms with Crippen molar-refractivity contribution in [3.05, 3.63) is 53.8 Å². The van der Waals surface area contributed by atoms with Gasteiger partial charge in [0.05, 0.1) is 12.3 Å². The van der Waals surface area contributed by atoms with E-state index in [2.05, 4.69) is 22.3 Å². The minimum atomic E-state index is -0.504. The summed E-state index contributed by atoms with van der Waals surface area (Å²) in [6, 6.07) is 11.9. The minimum absolute atomic E-state index is 0.192. The number of amides is 1. The monoisotopic (exact) mass is 395 g/mol. The number of nitrogens with zero attached hydrogens (tertiary/aromatic N) is 2. The number of carbonyl (C=O) groups excluding carboxylic acids is 1. The molecule has 0 saturated carbocycles. The summed E-state index contributed by atoms with van der Waals surface area (Å²) in [7, 11) is 2.18. The molecule has 4 rings (SSSR count). The maximum atomic E-state index is 13.3. The molecule has 2 aromatic rings. The summed E-state index contributed by atoms with van der Waals surface area (Å²) in [5.74, 6) is 0.477. The van der Waals surface area contributed by atoms with Crippen LogP contribution in [0.3, 0.4) is 0 Å². The van der Waals surface area contributed by atoms with E-state index in [4.69, 9.17) is 4.74 Å². The number of hydrogen-bond acceptors (Lipinski definition) is 4. The van der Waals surface area contributed by atoms with E-state index in [-0.39, 0.29) is 11.7 Å². The van der Waals surface area contributed by atoms with Gasteiger partial charge < -0.3 is 15.0 Å². The number of halogens is 1. The Morgan fingerprint density at radius 3 is 2.90 bits per heavy atom. The fourth-order valence-electron chi connectivity index (χ4n) is 4.05. The second-order valence-corrected chi connectivity index (χ2v) is 7.88. The molecule has 0 radical (unpaired) electrons. The summed E-state index contributed by atoms with van der Waals surface area (Å²) in [6.45, 7) is 3.07. The molecule has 152 valence electrons. The van der Waals surface area contributed by atoms with Gasteiger partial charge in [-0.15, -0.1) is 0 Å². The topological polar surface area (TPSA) is 53.9 Å². The van der Waals surface area contributed by atoms with Crippen LogP contribution in [0.2, 0.25) is 0 Å². The average Bonchev–Trinajstić information content (AvgIpc) is 3.01. The van der Waals surface area contributed by atoms with Crippen LogP contribution >= 0.6 is 0 Å². The molecule has 2 aromatic carbocycles. The van der Waals surface area contributed by atoms with E-state index in [1.54, 1.807) is 12.3 Å². The minimum Gasteiger partial charge on any atom is -0.494 e. The quantitative estimate of drug-likeness (QED) is 0.739. The maximum Gasteiger partial charge on any atom is 0.237 e. The molecule has 0 bridgehead atoms. The Kier molecular flexibility index (Phi) is 5.90. The highest BCUT2D eigenvalue weighted by molar-refractivity contribution is 6.12. The predicted molar refractivity (Wildman–Crippen MR) is 113 cm³/mol. The standard InChI is InChI=1S/C23H26FN3O2/c1-27-11-2-3-16(15-27)10-12-29-19-7-5-18(6-8-19)25-14-21-20-9-4-17(24)13-22(20)26-23(21)28/h4-9,13-14,16,21H,2-3,10-12,15H2,1H3,(H,26,28). The third kappa shape index (κ3) is 4.82. The zero-order valence-electron chi connectivity index (χ0n) is 16.6. The van der Waals surface area contributed by atoms with Crippen molar-refractivity contribution < 1.29 is 13.9 Å². The lowest BCUT2D eigenvalue weighted by atomic mass is 9.96. The number of benzene rings is 2. The largest absolute Gasteiger partial charge is 0.494 e. The normalized spacial score (nSPS) is 21.9. The molecule has 2 aliphatic rings. The Balaban J connectivity index is 1.31. The number of fused-ring (bicyclic) bond motifs is 1. The lowest BCUT2D eigenvalue weighted by molar-refractivity contribution is -0.115. The highest BCUT2D eigenvalue weighted by Gasteiger charge is 2.29. The Morgan fingerprint density at radius 1 is 1.28 bits per heavy atom. The van der Waals surface area contributed by atoms with Crippen LogP contribution in [0, 0.1) is 11.7 Å². The van der Waals surface area contributed by atoms with Crippen molar-refractivity contribution in [2.24, 2.45) is 10.9 Å². The maximum absolute atomic E-state index is 13.3. The Morgan fingerprint density at radius 2 is 2.10 bits per heavy atom. The molecular weight excluding hydrogens is 369 g/mol. The Bertz CT molecular complexity index is 897. The number of anilines is 1. The van der Waals surface area contributed by atoms with Gasteiger partial charge in [-0.25, -0.2) is 4.39 Å². The van der Waals surface area contributed by atoms with Crippen molar-refractivity contribution in [1.82, 2.24) is 4.90 Å². The van der Waals surface area contributed by atoms with Gasteiger partial charge in [0.15, 0.2) is 0 Å². The number of rotatable bonds is 6. The predicted octanol–water partition coefficient (Wildman–Crippen LogP) is 4.37. The molecule has 0 aliphatic carbocycles. The molecule has 1 N–H and O–H groups in total. The van der Waals surface area contributed by atoms with E-state index in [0.29, 0.717) is 11.6 Å². The molecule has 0 spiro atoms. The molecule has 1 fully saturated rings. The summed E-state index contributed by atoms with van der Waals surface area (Å²) >= 11 is 0. The first-order valence-electron chi connectivity index (χ1n) is 10.1. The van der Waals surface area contributed by atoms with Gasteiger partial charge in [-0.3, -0.25) is 9.79 Å². The van der Waals surface area contributed by atoms with Crippen LogP contribution in [0.1, 0.15) is 30.7 Å². The zero-order valence-corrected chi connectivity index (χ0v) is 16.6. The number of carbonyl (C=O) groups is 1. The number of aliphatic imine (C=N–C) groups is 1. The van der Waals surface area contributed by atoms with E-state index in [9.17, 15) is 9.18 Å². The summed E-state index contributed by atoms with van der Waals surface area (Å²) in [5.41, 5.74) is 2.00. The van der Waals surface area contributed by atoms with E-state index in [1.807, 2.05) is 24.3 Å². The van der Waals surface area contributed by atoms with Crippen LogP contribution in [-0.2, 0) is 4.79 Å². The van der Waals surface area contributed by atoms with Gasteiger partial charge in [-0.05, 0) is 80.7 Å². The third-order valence-electron chi connectivity index (χ3n) is 5.62. The SMILES string of the molecule is CN1CCCC(CCOc2ccc(N=CC3C(=O)Nc4cc(F)ccc43)cc2)C1. The van der Waals surface area contributed by atoms with Gasteiger partial charge in [0.2, 0.25) is 5.91 Å². The summed E-state index contributed by atoms with van der Waals surface area (Å²) in [6.07, 6.45) is 5.23. The molecule has 2 aliphatic heterocycles. The van der Waals surface area contributed by atoms with Gasteiger partial charge in [0.25, 0.3) is 0 Å². The second kappa shape index (κ2) is 8.74. The second-order valence-electron chi connectivity index (χ2n) is 7.88. The van der Waals surface area contributed by atoms with E-state index in [1.165, 1.54) is 31.5 Å². The van der Waals surface area contributed by atoms with Gasteiger partial charge in [0.1, 0.15) is 17.5 Å². The van der Waals surface area contributed by atoms with Crippen molar-refractivity contribution in [3.8, 4) is 5.75 Å². The first-order valence-corrected chi connectivity index (χ1v) is 10.1. The highest BCUT2D eigenvalue weighted by Crippen LogP contribution is 2.32. The van der Waals surface area contributed by atoms with Crippen molar-refractivity contribution in [2.45, 2.75) is 25.2 Å². The smallest absolute Gasteiger partial charge is 0.237 e. The highest BCUT2D eigenvalue weighted by atomic mass is 19.1. The van der Waals surface area contributed by atoms with Gasteiger partial charge in [-0.2, -0.15) is 0 Å². The molecule has 6 heteroatoms. The summed E-state index contributed by atoms with van der Waals surface area (Å²) in [5, 5.41) is 2.69. The van der Waals surface area contributed by atoms with Crippen molar-refractivity contribution in [3.63, 3.8) is 0 Å². The first kappa shape index (κ1) is 19.6. The molecule has 29 heavy (non-hydrogen) atoms. The fraction of sp³-hybridized carbons (Fsp3) is 0.391. The zero-order chi connectivity index (χ0) is 20.2. The number of piperidine rings is 1. The number of ether oxygens (including phenoxy) is 1. The van der Waals surface area contributed by atoms with Gasteiger partial charge >= 0.3 is 0 Å². The van der Waals surface area contributed by atoms with Crippen molar-refractivity contribution in [2.75, 3.05) is 32.1 Å². The lowest BCUT2D eigenvalue weighted by Crippen LogP contribution is -2.32. The van der Waals surface area contributed by atoms with Crippen LogP contribution in [0.25, 0.3) is 0 Å². The fourth-order valence-corrected chi connectivity index (χ4v) is 4.05. The van der Waals surface area contributed by atoms with Crippen LogP contribution < -0.4 is 10.1 Å². The van der Waals surface area contributed by atoms with Crippen LogP contribution in [0.15, 0.2) is 47.5 Å². The molecule has 0 aromatic heterocycles. The van der Waals surface area contributed by atoms with Crippen LogP contribution in [0.5, 0.6) is 5.75 Å². The summed E-state index contributed by atoms with van der Waals surface area (Å²) in [4.78, 5) is 19.0. The number of likely N-dealkylation sites (tertiary alicyclic amines) is 1.